The fourth-order valence-corrected chi connectivity index (χ4v) is 4.34. The molecular weight excluding hydrogens is 498 g/mol. The lowest BCUT2D eigenvalue weighted by atomic mass is 9.63. The summed E-state index contributed by atoms with van der Waals surface area (Å²) in [7, 11) is 0. The number of hydrogen-bond acceptors (Lipinski definition) is 5. The Morgan fingerprint density at radius 2 is 1.91 bits per heavy atom. The van der Waals surface area contributed by atoms with Gasteiger partial charge in [0.2, 0.25) is 0 Å². The van der Waals surface area contributed by atoms with Crippen molar-refractivity contribution < 1.29 is 32.6 Å². The van der Waals surface area contributed by atoms with E-state index in [0.717, 1.165) is 17.8 Å². The van der Waals surface area contributed by atoms with Gasteiger partial charge < -0.3 is 20.5 Å². The van der Waals surface area contributed by atoms with E-state index in [0.29, 0.717) is 35.4 Å². The van der Waals surface area contributed by atoms with Crippen molar-refractivity contribution in [2.45, 2.75) is 37.1 Å². The summed E-state index contributed by atoms with van der Waals surface area (Å²) in [5.41, 5.74) is -1.08. The number of rotatable bonds is 6. The van der Waals surface area contributed by atoms with Crippen LogP contribution in [0, 0.1) is 0 Å². The number of aromatic nitrogens is 1. The molecule has 2 aromatic rings. The van der Waals surface area contributed by atoms with Gasteiger partial charge in [0.25, 0.3) is 11.8 Å². The third-order valence-electron chi connectivity index (χ3n) is 5.64. The Morgan fingerprint density at radius 3 is 2.56 bits per heavy atom. The van der Waals surface area contributed by atoms with E-state index >= 15 is 0 Å². The number of nitrogens with one attached hydrogen (secondary N) is 2. The van der Waals surface area contributed by atoms with Gasteiger partial charge >= 0.3 is 6.18 Å². The number of ether oxygens (including phenoxy) is 1. The van der Waals surface area contributed by atoms with Crippen LogP contribution >= 0.6 is 23.2 Å². The molecule has 7 nitrogen and oxygen atoms in total. The number of amides is 2. The predicted molar refractivity (Wildman–Crippen MR) is 116 cm³/mol. The molecule has 3 aliphatic carbocycles. The monoisotopic (exact) mass is 515 g/mol. The number of carbonyl (C=O) groups excluding carboxylic acids is 2. The maximum Gasteiger partial charge on any atom is 0.416 e. The average Bonchev–Trinajstić information content (AvgIpc) is 2.75. The summed E-state index contributed by atoms with van der Waals surface area (Å²) in [6, 6.07) is 6.02. The molecule has 1 aromatic carbocycles. The van der Waals surface area contributed by atoms with Crippen LogP contribution in [0.2, 0.25) is 10.0 Å². The second-order valence-corrected chi connectivity index (χ2v) is 8.98. The molecule has 0 radical (unpaired) electrons. The van der Waals surface area contributed by atoms with E-state index in [1.54, 1.807) is 6.07 Å². The van der Waals surface area contributed by atoms with E-state index < -0.39 is 35.2 Å². The number of aliphatic hydroxyl groups is 1. The van der Waals surface area contributed by atoms with Crippen molar-refractivity contribution in [3.8, 4) is 5.75 Å². The lowest BCUT2D eigenvalue weighted by molar-refractivity contribution is -0.137. The molecule has 1 saturated carbocycles. The van der Waals surface area contributed by atoms with Crippen LogP contribution in [0.25, 0.3) is 0 Å². The molecule has 0 saturated heterocycles. The van der Waals surface area contributed by atoms with Gasteiger partial charge in [-0.25, -0.2) is 0 Å². The average molecular weight is 516 g/mol. The topological polar surface area (TPSA) is 101 Å². The van der Waals surface area contributed by atoms with E-state index in [4.69, 9.17) is 27.9 Å². The number of alkyl halides is 3. The minimum absolute atomic E-state index is 0.0878. The third-order valence-corrected chi connectivity index (χ3v) is 6.37. The smallest absolute Gasteiger partial charge is 0.416 e. The van der Waals surface area contributed by atoms with Gasteiger partial charge in [-0.05, 0) is 42.7 Å². The van der Waals surface area contributed by atoms with Gasteiger partial charge in [0.05, 0.1) is 27.3 Å². The van der Waals surface area contributed by atoms with E-state index in [-0.39, 0.29) is 23.7 Å². The minimum Gasteiger partial charge on any atom is -0.484 e. The highest BCUT2D eigenvalue weighted by molar-refractivity contribution is 6.42. The molecule has 0 unspecified atom stereocenters. The molecule has 1 fully saturated rings. The lowest BCUT2D eigenvalue weighted by Gasteiger charge is -2.51. The molecule has 3 aliphatic rings. The van der Waals surface area contributed by atoms with Crippen molar-refractivity contribution in [1.82, 2.24) is 15.6 Å². The zero-order valence-electron chi connectivity index (χ0n) is 17.4. The van der Waals surface area contributed by atoms with Crippen molar-refractivity contribution in [3.05, 3.63) is 69.1 Å². The SMILES string of the molecule is O=C(COc1ccc(Cl)c(Cl)c1)NC1=C2CC(NC(=O)c3cc(C(F)(F)F)ccn3)(C2)C[C@@H]1O. The summed E-state index contributed by atoms with van der Waals surface area (Å²) in [4.78, 5) is 28.5. The number of fused-ring (bicyclic) bond motifs is 2. The molecule has 0 spiro atoms. The van der Waals surface area contributed by atoms with Crippen LogP contribution in [0.1, 0.15) is 35.3 Å². The molecule has 3 N–H and O–H groups in total. The third kappa shape index (κ3) is 5.13. The summed E-state index contributed by atoms with van der Waals surface area (Å²) in [5.74, 6) is -0.913. The van der Waals surface area contributed by atoms with Crippen molar-refractivity contribution >= 4 is 35.0 Å². The van der Waals surface area contributed by atoms with Crippen LogP contribution in [0.4, 0.5) is 13.2 Å². The van der Waals surface area contributed by atoms with E-state index in [1.165, 1.54) is 12.1 Å². The summed E-state index contributed by atoms with van der Waals surface area (Å²) in [5, 5.41) is 16.5. The highest BCUT2D eigenvalue weighted by Gasteiger charge is 2.50. The number of hydrogen-bond donors (Lipinski definition) is 3. The number of aliphatic hydroxyl groups excluding tert-OH is 1. The molecule has 34 heavy (non-hydrogen) atoms. The standard InChI is InChI=1S/C22H18Cl2F3N3O4/c23-14-2-1-13(6-15(14)24)34-10-18(32)29-19-11-7-21(8-11,9-17(19)31)30-20(33)16-5-12(3-4-28-16)22(25,26)27/h1-6,17,31H,7-10H2,(H,29,32)(H,30,33)/t17-/m0/s1. The van der Waals surface area contributed by atoms with Crippen LogP contribution in [0.5, 0.6) is 5.75 Å². The van der Waals surface area contributed by atoms with Crippen molar-refractivity contribution in [1.29, 1.82) is 0 Å². The molecule has 1 heterocycles. The zero-order chi connectivity index (χ0) is 24.7. The van der Waals surface area contributed by atoms with E-state index in [2.05, 4.69) is 15.6 Å². The molecule has 12 heteroatoms. The van der Waals surface area contributed by atoms with Gasteiger partial charge in [-0.15, -0.1) is 0 Å². The second-order valence-electron chi connectivity index (χ2n) is 8.17. The largest absolute Gasteiger partial charge is 0.484 e. The van der Waals surface area contributed by atoms with Gasteiger partial charge in [0, 0.05) is 24.4 Å². The van der Waals surface area contributed by atoms with Crippen LogP contribution in [-0.4, -0.2) is 40.2 Å². The van der Waals surface area contributed by atoms with Gasteiger partial charge in [-0.2, -0.15) is 13.2 Å². The Kier molecular flexibility index (Phi) is 6.50. The minimum atomic E-state index is -4.60. The summed E-state index contributed by atoms with van der Waals surface area (Å²) in [6.07, 6.45) is -3.97. The van der Waals surface area contributed by atoms with Crippen LogP contribution in [-0.2, 0) is 11.0 Å². The van der Waals surface area contributed by atoms with Gasteiger partial charge in [0.15, 0.2) is 6.61 Å². The quantitative estimate of drug-likeness (QED) is 0.541. The number of pyridine rings is 1. The normalized spacial score (nSPS) is 21.5. The molecule has 0 aliphatic heterocycles. The van der Waals surface area contributed by atoms with Gasteiger partial charge in [-0.3, -0.25) is 14.6 Å². The first kappa shape index (κ1) is 24.3. The summed E-state index contributed by atoms with van der Waals surface area (Å²) < 4.78 is 44.1. The maximum absolute atomic E-state index is 12.9. The second kappa shape index (κ2) is 9.09. The van der Waals surface area contributed by atoms with Crippen molar-refractivity contribution in [3.63, 3.8) is 0 Å². The molecule has 2 amide bonds. The zero-order valence-corrected chi connectivity index (χ0v) is 18.9. The Morgan fingerprint density at radius 1 is 1.18 bits per heavy atom. The Bertz CT molecular complexity index is 1180. The van der Waals surface area contributed by atoms with Crippen molar-refractivity contribution in [2.24, 2.45) is 0 Å². The highest BCUT2D eigenvalue weighted by atomic mass is 35.5. The summed E-state index contributed by atoms with van der Waals surface area (Å²) >= 11 is 11.7. The highest BCUT2D eigenvalue weighted by Crippen LogP contribution is 2.48. The molecule has 5 rings (SSSR count). The van der Waals surface area contributed by atoms with Gasteiger partial charge in [0.1, 0.15) is 11.4 Å². The predicted octanol–water partition coefficient (Wildman–Crippen LogP) is 3.88. The first-order valence-corrected chi connectivity index (χ1v) is 10.8. The Labute approximate surface area is 201 Å². The lowest BCUT2D eigenvalue weighted by Crippen LogP contribution is -2.61. The molecular formula is C22H18Cl2F3N3O4. The fraction of sp³-hybridized carbons (Fsp3) is 0.318. The Balaban J connectivity index is 1.35. The molecule has 180 valence electrons. The number of nitrogens with zero attached hydrogens (tertiary/aromatic N) is 1. The van der Waals surface area contributed by atoms with Gasteiger partial charge in [-0.1, -0.05) is 23.2 Å². The summed E-state index contributed by atoms with van der Waals surface area (Å²) in [6.45, 7) is -0.329. The maximum atomic E-state index is 12.9. The molecule has 2 bridgehead atoms. The van der Waals surface area contributed by atoms with Crippen LogP contribution < -0.4 is 15.4 Å². The first-order chi connectivity index (χ1) is 16.0. The van der Waals surface area contributed by atoms with E-state index in [1.807, 2.05) is 0 Å². The Hall–Kier alpha value is -2.82. The van der Waals surface area contributed by atoms with E-state index in [9.17, 15) is 27.9 Å². The number of carbonyl (C=O) groups is 2. The number of benzene rings is 1. The number of halogens is 5. The molecule has 1 aromatic heterocycles. The van der Waals surface area contributed by atoms with Crippen LogP contribution in [0.3, 0.4) is 0 Å². The first-order valence-electron chi connectivity index (χ1n) is 10.1. The van der Waals surface area contributed by atoms with Crippen molar-refractivity contribution in [2.75, 3.05) is 6.61 Å². The molecule has 1 atom stereocenters. The fourth-order valence-electron chi connectivity index (χ4n) is 4.06. The van der Waals surface area contributed by atoms with Crippen LogP contribution in [0.15, 0.2) is 47.8 Å².